The zero-order valence-electron chi connectivity index (χ0n) is 20.5. The van der Waals surface area contributed by atoms with Gasteiger partial charge < -0.3 is 9.47 Å². The molecule has 3 aromatic carbocycles. The van der Waals surface area contributed by atoms with Crippen LogP contribution in [-0.4, -0.2) is 26.0 Å². The lowest BCUT2D eigenvalue weighted by Gasteiger charge is -2.22. The summed E-state index contributed by atoms with van der Waals surface area (Å²) in [5, 5.41) is 0. The monoisotopic (exact) mass is 477 g/mol. The van der Waals surface area contributed by atoms with Gasteiger partial charge in [0.25, 0.3) is 0 Å². The molecule has 5 nitrogen and oxygen atoms in total. The number of rotatable bonds is 5. The van der Waals surface area contributed by atoms with Crippen LogP contribution in [0.5, 0.6) is 11.5 Å². The Morgan fingerprint density at radius 3 is 1.53 bits per heavy atom. The Morgan fingerprint density at radius 2 is 1.11 bits per heavy atom. The number of amides is 2. The lowest BCUT2D eigenvalue weighted by atomic mass is 9.85. The zero-order chi connectivity index (χ0) is 25.0. The molecule has 36 heavy (non-hydrogen) atoms. The molecular weight excluding hydrogens is 450 g/mol. The van der Waals surface area contributed by atoms with Crippen molar-refractivity contribution in [1.82, 2.24) is 0 Å². The SMILES string of the molecule is COc1ccc(C(=C2[C@H]3C=C[C@H]2[C@H]2C(=O)N(c4ccc(C)cc4)C(=O)[C@H]23)c2ccc(OC)cc2)cc1. The van der Waals surface area contributed by atoms with E-state index in [-0.39, 0.29) is 35.5 Å². The summed E-state index contributed by atoms with van der Waals surface area (Å²) < 4.78 is 10.8. The van der Waals surface area contributed by atoms with Gasteiger partial charge in [-0.05, 0) is 65.6 Å². The van der Waals surface area contributed by atoms with E-state index < -0.39 is 0 Å². The van der Waals surface area contributed by atoms with Crippen LogP contribution in [0.25, 0.3) is 5.57 Å². The van der Waals surface area contributed by atoms with Crippen LogP contribution in [0.4, 0.5) is 5.69 Å². The Hall–Kier alpha value is -4.12. The second kappa shape index (κ2) is 8.52. The maximum atomic E-state index is 13.7. The molecule has 2 bridgehead atoms. The summed E-state index contributed by atoms with van der Waals surface area (Å²) in [6, 6.07) is 23.5. The van der Waals surface area contributed by atoms with E-state index in [0.29, 0.717) is 5.69 Å². The molecule has 6 rings (SSSR count). The highest BCUT2D eigenvalue weighted by atomic mass is 16.5. The van der Waals surface area contributed by atoms with E-state index in [1.165, 1.54) is 4.90 Å². The third-order valence-corrected chi connectivity index (χ3v) is 7.75. The van der Waals surface area contributed by atoms with E-state index in [1.54, 1.807) is 14.2 Å². The van der Waals surface area contributed by atoms with Gasteiger partial charge in [-0.25, -0.2) is 4.90 Å². The van der Waals surface area contributed by atoms with Gasteiger partial charge in [-0.3, -0.25) is 9.59 Å². The normalized spacial score (nSPS) is 23.9. The highest BCUT2D eigenvalue weighted by Crippen LogP contribution is 2.59. The molecule has 3 aromatic rings. The smallest absolute Gasteiger partial charge is 0.238 e. The molecule has 2 fully saturated rings. The number of fused-ring (bicyclic) bond motifs is 5. The van der Waals surface area contributed by atoms with Crippen LogP contribution in [0.1, 0.15) is 16.7 Å². The van der Waals surface area contributed by atoms with Crippen molar-refractivity contribution in [3.8, 4) is 11.5 Å². The molecule has 0 spiro atoms. The van der Waals surface area contributed by atoms with Gasteiger partial charge in [-0.15, -0.1) is 0 Å². The van der Waals surface area contributed by atoms with Crippen molar-refractivity contribution in [1.29, 1.82) is 0 Å². The second-order valence-corrected chi connectivity index (χ2v) is 9.62. The Bertz CT molecular complexity index is 1320. The second-order valence-electron chi connectivity index (χ2n) is 9.62. The Morgan fingerprint density at radius 1 is 0.667 bits per heavy atom. The molecule has 1 heterocycles. The van der Waals surface area contributed by atoms with Crippen LogP contribution >= 0.6 is 0 Å². The van der Waals surface area contributed by atoms with Gasteiger partial charge >= 0.3 is 0 Å². The molecule has 2 amide bonds. The number of aryl methyl sites for hydroxylation is 1. The minimum atomic E-state index is -0.379. The van der Waals surface area contributed by atoms with Crippen molar-refractivity contribution < 1.29 is 19.1 Å². The molecule has 3 aliphatic rings. The van der Waals surface area contributed by atoms with E-state index in [1.807, 2.05) is 79.7 Å². The number of methoxy groups -OCH3 is 2. The molecule has 0 unspecified atom stereocenters. The van der Waals surface area contributed by atoms with E-state index in [0.717, 1.165) is 39.3 Å². The molecule has 2 aliphatic carbocycles. The van der Waals surface area contributed by atoms with E-state index in [4.69, 9.17) is 9.47 Å². The molecule has 1 aliphatic heterocycles. The molecule has 1 saturated carbocycles. The van der Waals surface area contributed by atoms with Crippen LogP contribution in [0, 0.1) is 30.6 Å². The van der Waals surface area contributed by atoms with Crippen molar-refractivity contribution >= 4 is 23.1 Å². The molecule has 0 aromatic heterocycles. The average molecular weight is 478 g/mol. The lowest BCUT2D eigenvalue weighted by molar-refractivity contribution is -0.122. The van der Waals surface area contributed by atoms with Crippen LogP contribution in [-0.2, 0) is 9.59 Å². The number of hydrogen-bond acceptors (Lipinski definition) is 4. The van der Waals surface area contributed by atoms with Gasteiger partial charge in [0.05, 0.1) is 31.7 Å². The van der Waals surface area contributed by atoms with Gasteiger partial charge in [-0.1, -0.05) is 54.1 Å². The number of imide groups is 1. The molecule has 0 radical (unpaired) electrons. The van der Waals surface area contributed by atoms with Crippen LogP contribution in [0.3, 0.4) is 0 Å². The summed E-state index contributed by atoms with van der Waals surface area (Å²) >= 11 is 0. The first-order valence-electron chi connectivity index (χ1n) is 12.2. The molecule has 1 saturated heterocycles. The summed E-state index contributed by atoms with van der Waals surface area (Å²) in [4.78, 5) is 28.8. The molecule has 0 N–H and O–H groups in total. The fraction of sp³-hybridized carbons (Fsp3) is 0.226. The van der Waals surface area contributed by atoms with E-state index in [9.17, 15) is 9.59 Å². The number of benzene rings is 3. The van der Waals surface area contributed by atoms with Crippen LogP contribution in [0.2, 0.25) is 0 Å². The minimum absolute atomic E-state index is 0.105. The van der Waals surface area contributed by atoms with Crippen molar-refractivity contribution in [2.45, 2.75) is 6.92 Å². The number of carbonyl (C=O) groups excluding carboxylic acids is 2. The molecule has 180 valence electrons. The van der Waals surface area contributed by atoms with Gasteiger partial charge in [0.15, 0.2) is 0 Å². The zero-order valence-corrected chi connectivity index (χ0v) is 20.5. The fourth-order valence-corrected chi connectivity index (χ4v) is 6.06. The average Bonchev–Trinajstić information content (AvgIpc) is 3.55. The Kier molecular flexibility index (Phi) is 5.29. The molecular formula is C31H27NO4. The largest absolute Gasteiger partial charge is 0.497 e. The number of ether oxygens (including phenoxy) is 2. The lowest BCUT2D eigenvalue weighted by Crippen LogP contribution is -2.33. The number of carbonyl (C=O) groups is 2. The first-order valence-corrected chi connectivity index (χ1v) is 12.2. The van der Waals surface area contributed by atoms with Crippen LogP contribution in [0.15, 0.2) is 90.5 Å². The van der Waals surface area contributed by atoms with Crippen molar-refractivity contribution in [3.63, 3.8) is 0 Å². The topological polar surface area (TPSA) is 55.8 Å². The first kappa shape index (κ1) is 22.4. The molecule has 5 heteroatoms. The van der Waals surface area contributed by atoms with Crippen molar-refractivity contribution in [2.24, 2.45) is 23.7 Å². The quantitative estimate of drug-likeness (QED) is 0.363. The third kappa shape index (κ3) is 3.30. The maximum Gasteiger partial charge on any atom is 0.238 e. The van der Waals surface area contributed by atoms with Crippen molar-refractivity contribution in [3.05, 3.63) is 107 Å². The van der Waals surface area contributed by atoms with Crippen molar-refractivity contribution in [2.75, 3.05) is 19.1 Å². The number of nitrogens with zero attached hydrogens (tertiary/aromatic N) is 1. The van der Waals surface area contributed by atoms with Gasteiger partial charge in [0.2, 0.25) is 11.8 Å². The minimum Gasteiger partial charge on any atom is -0.497 e. The maximum absolute atomic E-state index is 13.7. The summed E-state index contributed by atoms with van der Waals surface area (Å²) in [5.41, 5.74) is 6.02. The Labute approximate surface area is 210 Å². The van der Waals surface area contributed by atoms with E-state index >= 15 is 0 Å². The highest BCUT2D eigenvalue weighted by molar-refractivity contribution is 6.23. The van der Waals surface area contributed by atoms with Crippen LogP contribution < -0.4 is 14.4 Å². The first-order chi connectivity index (χ1) is 17.5. The predicted molar refractivity (Wildman–Crippen MR) is 139 cm³/mol. The molecule has 4 atom stereocenters. The third-order valence-electron chi connectivity index (χ3n) is 7.75. The number of hydrogen-bond donors (Lipinski definition) is 0. The predicted octanol–water partition coefficient (Wildman–Crippen LogP) is 5.44. The highest BCUT2D eigenvalue weighted by Gasteiger charge is 2.62. The summed E-state index contributed by atoms with van der Waals surface area (Å²) in [6.45, 7) is 1.99. The summed E-state index contributed by atoms with van der Waals surface area (Å²) in [7, 11) is 3.30. The van der Waals surface area contributed by atoms with Gasteiger partial charge in [-0.2, -0.15) is 0 Å². The van der Waals surface area contributed by atoms with Gasteiger partial charge in [0.1, 0.15) is 11.5 Å². The van der Waals surface area contributed by atoms with Gasteiger partial charge in [0, 0.05) is 11.8 Å². The summed E-state index contributed by atoms with van der Waals surface area (Å²) in [5.74, 6) is 0.351. The number of anilines is 1. The van der Waals surface area contributed by atoms with E-state index in [2.05, 4.69) is 12.2 Å². The summed E-state index contributed by atoms with van der Waals surface area (Å²) in [6.07, 6.45) is 4.25. The standard InChI is InChI=1S/C31H27NO4/c1-18-4-10-21(11-5-18)32-30(33)28-24-16-17-25(29(28)31(32)34)27(24)26(19-6-12-22(35-2)13-7-19)20-8-14-23(36-3)15-9-20/h4-17,24-25,28-29H,1-3H3/t24-,25-,28-,29+/m1/s1. The fourth-order valence-electron chi connectivity index (χ4n) is 6.06. The number of allylic oxidation sites excluding steroid dienone is 3. The Balaban J connectivity index is 1.47.